The van der Waals surface area contributed by atoms with Gasteiger partial charge in [-0.1, -0.05) is 0 Å². The summed E-state index contributed by atoms with van der Waals surface area (Å²) >= 11 is 1.44. The second kappa shape index (κ2) is 7.17. The number of likely N-dealkylation sites (tertiary alicyclic amines) is 1. The molecule has 3 rings (SSSR count). The van der Waals surface area contributed by atoms with Gasteiger partial charge in [-0.05, 0) is 38.8 Å². The Kier molecular flexibility index (Phi) is 4.99. The number of furan rings is 1. The SMILES string of the molecule is CCOC(=O)C1CCCN(C(=O)c2nc(-c3ccco3)sc2C)C1. The first-order valence-electron chi connectivity index (χ1n) is 8.07. The molecule has 0 saturated carbocycles. The molecule has 2 aromatic heterocycles. The van der Waals surface area contributed by atoms with Crippen LogP contribution < -0.4 is 0 Å². The van der Waals surface area contributed by atoms with Gasteiger partial charge in [0.05, 0.1) is 18.8 Å². The number of ether oxygens (including phenoxy) is 1. The number of aryl methyl sites for hydroxylation is 1. The molecule has 0 spiro atoms. The number of hydrogen-bond donors (Lipinski definition) is 0. The Balaban J connectivity index is 1.75. The fourth-order valence-corrected chi connectivity index (χ4v) is 3.74. The number of carbonyl (C=O) groups excluding carboxylic acids is 2. The Morgan fingerprint density at radius 3 is 3.04 bits per heavy atom. The van der Waals surface area contributed by atoms with E-state index in [-0.39, 0.29) is 17.8 Å². The lowest BCUT2D eigenvalue weighted by Crippen LogP contribution is -2.43. The van der Waals surface area contributed by atoms with Crippen LogP contribution in [0.4, 0.5) is 0 Å². The molecule has 24 heavy (non-hydrogen) atoms. The zero-order valence-corrected chi connectivity index (χ0v) is 14.6. The van der Waals surface area contributed by atoms with Crippen LogP contribution in [0.2, 0.25) is 0 Å². The summed E-state index contributed by atoms with van der Waals surface area (Å²) in [6.45, 7) is 5.07. The third-order valence-electron chi connectivity index (χ3n) is 4.06. The van der Waals surface area contributed by atoms with Crippen LogP contribution in [-0.2, 0) is 9.53 Å². The molecule has 6 nitrogen and oxygen atoms in total. The fourth-order valence-electron chi connectivity index (χ4n) is 2.86. The molecule has 1 saturated heterocycles. The fraction of sp³-hybridized carbons (Fsp3) is 0.471. The Morgan fingerprint density at radius 2 is 2.33 bits per heavy atom. The zero-order chi connectivity index (χ0) is 17.1. The van der Waals surface area contributed by atoms with Crippen molar-refractivity contribution in [3.63, 3.8) is 0 Å². The van der Waals surface area contributed by atoms with E-state index in [1.165, 1.54) is 11.3 Å². The van der Waals surface area contributed by atoms with E-state index in [2.05, 4.69) is 4.98 Å². The molecule has 0 aromatic carbocycles. The third-order valence-corrected chi connectivity index (χ3v) is 5.05. The van der Waals surface area contributed by atoms with Crippen LogP contribution in [0.15, 0.2) is 22.8 Å². The van der Waals surface area contributed by atoms with E-state index >= 15 is 0 Å². The number of piperidine rings is 1. The van der Waals surface area contributed by atoms with Crippen molar-refractivity contribution in [3.05, 3.63) is 29.0 Å². The van der Waals surface area contributed by atoms with Crippen LogP contribution in [0.5, 0.6) is 0 Å². The summed E-state index contributed by atoms with van der Waals surface area (Å²) in [6.07, 6.45) is 3.14. The molecule has 7 heteroatoms. The van der Waals surface area contributed by atoms with Crippen molar-refractivity contribution in [2.45, 2.75) is 26.7 Å². The Bertz CT molecular complexity index is 723. The minimum atomic E-state index is -0.244. The number of aromatic nitrogens is 1. The second-order valence-corrected chi connectivity index (χ2v) is 6.95. The van der Waals surface area contributed by atoms with Gasteiger partial charge in [0.25, 0.3) is 5.91 Å². The predicted octanol–water partition coefficient (Wildman–Crippen LogP) is 3.13. The van der Waals surface area contributed by atoms with Crippen LogP contribution in [0.3, 0.4) is 0 Å². The van der Waals surface area contributed by atoms with Crippen LogP contribution in [0, 0.1) is 12.8 Å². The first-order valence-corrected chi connectivity index (χ1v) is 8.89. The molecule has 1 fully saturated rings. The number of nitrogens with zero attached hydrogens (tertiary/aromatic N) is 2. The monoisotopic (exact) mass is 348 g/mol. The summed E-state index contributed by atoms with van der Waals surface area (Å²) in [4.78, 5) is 31.8. The molecule has 0 N–H and O–H groups in total. The van der Waals surface area contributed by atoms with E-state index in [1.807, 2.05) is 13.0 Å². The highest BCUT2D eigenvalue weighted by Crippen LogP contribution is 2.29. The van der Waals surface area contributed by atoms with E-state index in [0.29, 0.717) is 36.2 Å². The molecule has 0 aliphatic carbocycles. The predicted molar refractivity (Wildman–Crippen MR) is 89.8 cm³/mol. The first-order chi connectivity index (χ1) is 11.6. The van der Waals surface area contributed by atoms with E-state index in [1.54, 1.807) is 24.2 Å². The molecular weight excluding hydrogens is 328 g/mol. The third kappa shape index (κ3) is 3.36. The molecule has 1 unspecified atom stereocenters. The van der Waals surface area contributed by atoms with Crippen molar-refractivity contribution >= 4 is 23.2 Å². The molecule has 1 aliphatic rings. The van der Waals surface area contributed by atoms with Crippen LogP contribution in [-0.4, -0.2) is 41.5 Å². The van der Waals surface area contributed by atoms with E-state index < -0.39 is 0 Å². The smallest absolute Gasteiger partial charge is 0.310 e. The molecule has 2 aromatic rings. The van der Waals surface area contributed by atoms with Gasteiger partial charge >= 0.3 is 5.97 Å². The summed E-state index contributed by atoms with van der Waals surface area (Å²) in [5.74, 6) is 0.0631. The largest absolute Gasteiger partial charge is 0.466 e. The Hall–Kier alpha value is -2.15. The van der Waals surface area contributed by atoms with Crippen LogP contribution in [0.25, 0.3) is 10.8 Å². The van der Waals surface area contributed by atoms with Gasteiger partial charge < -0.3 is 14.1 Å². The highest BCUT2D eigenvalue weighted by molar-refractivity contribution is 7.15. The van der Waals surface area contributed by atoms with Crippen molar-refractivity contribution in [2.24, 2.45) is 5.92 Å². The number of esters is 1. The average molecular weight is 348 g/mol. The van der Waals surface area contributed by atoms with Crippen LogP contribution in [0.1, 0.15) is 35.1 Å². The average Bonchev–Trinajstić information content (AvgIpc) is 3.24. The summed E-state index contributed by atoms with van der Waals surface area (Å²) in [5, 5.41) is 0.694. The number of rotatable bonds is 4. The summed E-state index contributed by atoms with van der Waals surface area (Å²) in [6, 6.07) is 3.62. The normalized spacial score (nSPS) is 17.8. The van der Waals surface area contributed by atoms with Gasteiger partial charge in [0, 0.05) is 18.0 Å². The molecule has 1 aliphatic heterocycles. The lowest BCUT2D eigenvalue weighted by atomic mass is 9.98. The van der Waals surface area contributed by atoms with Crippen molar-refractivity contribution < 1.29 is 18.7 Å². The lowest BCUT2D eigenvalue weighted by molar-refractivity contribution is -0.149. The number of hydrogen-bond acceptors (Lipinski definition) is 6. The number of carbonyl (C=O) groups is 2. The molecule has 1 atom stereocenters. The lowest BCUT2D eigenvalue weighted by Gasteiger charge is -2.31. The van der Waals surface area contributed by atoms with Gasteiger partial charge in [-0.15, -0.1) is 11.3 Å². The zero-order valence-electron chi connectivity index (χ0n) is 13.8. The Morgan fingerprint density at radius 1 is 1.50 bits per heavy atom. The second-order valence-electron chi connectivity index (χ2n) is 5.74. The minimum Gasteiger partial charge on any atom is -0.466 e. The maximum atomic E-state index is 12.8. The molecule has 1 amide bonds. The molecular formula is C17H20N2O4S. The van der Waals surface area contributed by atoms with Gasteiger partial charge in [0.15, 0.2) is 10.8 Å². The van der Waals surface area contributed by atoms with Gasteiger partial charge in [-0.3, -0.25) is 9.59 Å². The standard InChI is InChI=1S/C17H20N2O4S/c1-3-22-17(21)12-6-4-8-19(10-12)16(20)14-11(2)24-15(18-14)13-7-5-9-23-13/h5,7,9,12H,3-4,6,8,10H2,1-2H3. The van der Waals surface area contributed by atoms with E-state index in [0.717, 1.165) is 17.7 Å². The topological polar surface area (TPSA) is 72.6 Å². The summed E-state index contributed by atoms with van der Waals surface area (Å²) in [5.41, 5.74) is 0.441. The van der Waals surface area contributed by atoms with Crippen molar-refractivity contribution in [2.75, 3.05) is 19.7 Å². The van der Waals surface area contributed by atoms with Gasteiger partial charge in [0.1, 0.15) is 5.69 Å². The first kappa shape index (κ1) is 16.7. The molecule has 128 valence electrons. The van der Waals surface area contributed by atoms with Gasteiger partial charge in [-0.2, -0.15) is 0 Å². The quantitative estimate of drug-likeness (QED) is 0.794. The highest BCUT2D eigenvalue weighted by atomic mass is 32.1. The summed E-state index contributed by atoms with van der Waals surface area (Å²) in [7, 11) is 0. The minimum absolute atomic E-state index is 0.129. The summed E-state index contributed by atoms with van der Waals surface area (Å²) < 4.78 is 10.4. The number of thiazole rings is 1. The molecule has 0 radical (unpaired) electrons. The van der Waals surface area contributed by atoms with Crippen molar-refractivity contribution in [1.29, 1.82) is 0 Å². The van der Waals surface area contributed by atoms with Crippen LogP contribution >= 0.6 is 11.3 Å². The Labute approximate surface area is 144 Å². The van der Waals surface area contributed by atoms with Crippen molar-refractivity contribution in [1.82, 2.24) is 9.88 Å². The molecule has 0 bridgehead atoms. The maximum Gasteiger partial charge on any atom is 0.310 e. The van der Waals surface area contributed by atoms with E-state index in [4.69, 9.17) is 9.15 Å². The van der Waals surface area contributed by atoms with Crippen molar-refractivity contribution in [3.8, 4) is 10.8 Å². The maximum absolute atomic E-state index is 12.8. The van der Waals surface area contributed by atoms with Gasteiger partial charge in [0.2, 0.25) is 0 Å². The number of amides is 1. The highest BCUT2D eigenvalue weighted by Gasteiger charge is 2.31. The van der Waals surface area contributed by atoms with Gasteiger partial charge in [-0.25, -0.2) is 4.98 Å². The van der Waals surface area contributed by atoms with E-state index in [9.17, 15) is 9.59 Å². The molecule has 3 heterocycles.